The second-order valence-corrected chi connectivity index (χ2v) is 3.07. The molecule has 0 aromatic rings. The summed E-state index contributed by atoms with van der Waals surface area (Å²) in [6.07, 6.45) is -19.9. The average Bonchev–Trinajstić information content (AvgIpc) is 2.07. The quantitative estimate of drug-likeness (QED) is 0.323. The molecule has 0 spiro atoms. The van der Waals surface area contributed by atoms with Gasteiger partial charge in [0.25, 0.3) is 5.92 Å². The van der Waals surface area contributed by atoms with Crippen LogP contribution >= 0.6 is 0 Å². The van der Waals surface area contributed by atoms with Crippen molar-refractivity contribution in [2.75, 3.05) is 0 Å². The first kappa shape index (κ1) is 17.6. The topological polar surface area (TPSA) is 36.4 Å². The van der Waals surface area contributed by atoms with Crippen LogP contribution in [0.5, 0.6) is 0 Å². The first-order chi connectivity index (χ1) is 8.06. The van der Waals surface area contributed by atoms with E-state index in [1.807, 2.05) is 0 Å². The molecule has 0 unspecified atom stereocenters. The Morgan fingerprint density at radius 3 is 1.21 bits per heavy atom. The van der Waals surface area contributed by atoms with Crippen molar-refractivity contribution in [2.45, 2.75) is 24.5 Å². The standard InChI is InChI=1S/C6HF11N2/c7-3(8,6(15,16)17)2(19-18)1(4(9,10)11)5(12,13)14/h1H. The van der Waals surface area contributed by atoms with Gasteiger partial charge in [0.2, 0.25) is 0 Å². The third-order valence-corrected chi connectivity index (χ3v) is 1.71. The molecule has 19 heavy (non-hydrogen) atoms. The Morgan fingerprint density at radius 2 is 1.05 bits per heavy atom. The second-order valence-electron chi connectivity index (χ2n) is 3.07. The van der Waals surface area contributed by atoms with Gasteiger partial charge in [0, 0.05) is 0 Å². The fourth-order valence-corrected chi connectivity index (χ4v) is 0.943. The maximum absolute atomic E-state index is 12.5. The highest BCUT2D eigenvalue weighted by Crippen LogP contribution is 2.46. The highest BCUT2D eigenvalue weighted by atomic mass is 19.4. The van der Waals surface area contributed by atoms with Crippen LogP contribution in [0, 0.1) is 5.92 Å². The number of hydrogen-bond donors (Lipinski definition) is 0. The summed E-state index contributed by atoms with van der Waals surface area (Å²) in [6, 6.07) is 0. The largest absolute Gasteiger partial charge is 0.465 e. The predicted octanol–water partition coefficient (Wildman–Crippen LogP) is 3.60. The minimum Gasteiger partial charge on any atom is -0.361 e. The molecule has 0 bridgehead atoms. The Bertz CT molecular complexity index is 365. The lowest BCUT2D eigenvalue weighted by molar-refractivity contribution is -0.294. The molecule has 0 saturated carbocycles. The van der Waals surface area contributed by atoms with E-state index in [1.165, 1.54) is 0 Å². The predicted molar refractivity (Wildman–Crippen MR) is 35.2 cm³/mol. The summed E-state index contributed by atoms with van der Waals surface area (Å²) in [5, 5.41) is 0. The lowest BCUT2D eigenvalue weighted by Crippen LogP contribution is -2.55. The van der Waals surface area contributed by atoms with Crippen LogP contribution in [-0.4, -0.2) is 35.0 Å². The van der Waals surface area contributed by atoms with Crippen LogP contribution in [0.4, 0.5) is 48.3 Å². The number of halogens is 11. The second kappa shape index (κ2) is 4.62. The van der Waals surface area contributed by atoms with Gasteiger partial charge in [-0.15, -0.1) is 0 Å². The van der Waals surface area contributed by atoms with Gasteiger partial charge >= 0.3 is 30.2 Å². The van der Waals surface area contributed by atoms with E-state index in [0.717, 1.165) is 4.79 Å². The molecule has 0 aromatic heterocycles. The summed E-state index contributed by atoms with van der Waals surface area (Å²) in [6.45, 7) is 0. The number of hydrogen-bond acceptors (Lipinski definition) is 0. The van der Waals surface area contributed by atoms with Gasteiger partial charge in [-0.05, 0) is 0 Å². The first-order valence-corrected chi connectivity index (χ1v) is 3.87. The van der Waals surface area contributed by atoms with Crippen LogP contribution in [0.1, 0.15) is 0 Å². The van der Waals surface area contributed by atoms with Crippen molar-refractivity contribution in [2.24, 2.45) is 5.92 Å². The van der Waals surface area contributed by atoms with Crippen LogP contribution in [0.2, 0.25) is 0 Å². The Hall–Kier alpha value is -1.39. The van der Waals surface area contributed by atoms with E-state index < -0.39 is 36.1 Å². The van der Waals surface area contributed by atoms with E-state index in [2.05, 4.69) is 0 Å². The maximum Gasteiger partial charge on any atom is 0.465 e. The van der Waals surface area contributed by atoms with Crippen molar-refractivity contribution in [3.05, 3.63) is 5.53 Å². The van der Waals surface area contributed by atoms with Crippen molar-refractivity contribution in [3.8, 4) is 0 Å². The van der Waals surface area contributed by atoms with E-state index >= 15 is 0 Å². The third-order valence-electron chi connectivity index (χ3n) is 1.71. The van der Waals surface area contributed by atoms with Gasteiger partial charge in [-0.25, -0.2) is 0 Å². The molecular formula is C6HF11N2. The summed E-state index contributed by atoms with van der Waals surface area (Å²) >= 11 is 0. The summed E-state index contributed by atoms with van der Waals surface area (Å²) in [7, 11) is 0. The van der Waals surface area contributed by atoms with Gasteiger partial charge in [-0.2, -0.15) is 53.1 Å². The number of nitrogens with zero attached hydrogens (tertiary/aromatic N) is 2. The molecule has 0 aliphatic heterocycles. The molecule has 0 saturated heterocycles. The van der Waals surface area contributed by atoms with Gasteiger partial charge < -0.3 is 5.53 Å². The van der Waals surface area contributed by atoms with E-state index in [4.69, 9.17) is 5.53 Å². The Balaban J connectivity index is 6.04. The molecule has 0 aliphatic rings. The lowest BCUT2D eigenvalue weighted by Gasteiger charge is -2.24. The highest BCUT2D eigenvalue weighted by Gasteiger charge is 2.76. The fourth-order valence-electron chi connectivity index (χ4n) is 0.943. The molecule has 2 nitrogen and oxygen atoms in total. The monoisotopic (exact) mass is 310 g/mol. The van der Waals surface area contributed by atoms with Gasteiger partial charge in [0.05, 0.1) is 0 Å². The summed E-state index contributed by atoms with van der Waals surface area (Å²) in [5.41, 5.74) is 3.94. The normalized spacial score (nSPS) is 14.5. The SMILES string of the molecule is [N-]=[N+]=C(C(C(F)(F)F)C(F)(F)F)C(F)(F)C(F)(F)F. The maximum atomic E-state index is 12.5. The molecule has 0 fully saturated rings. The summed E-state index contributed by atoms with van der Waals surface area (Å²) in [4.78, 5) is 0.866. The van der Waals surface area contributed by atoms with Crippen LogP contribution in [-0.2, 0) is 0 Å². The molecule has 0 N–H and O–H groups in total. The van der Waals surface area contributed by atoms with Crippen LogP contribution in [0.15, 0.2) is 0 Å². The van der Waals surface area contributed by atoms with Crippen molar-refractivity contribution in [1.29, 1.82) is 0 Å². The molecule has 0 heterocycles. The molecular weight excluding hydrogens is 309 g/mol. The third kappa shape index (κ3) is 3.55. The molecule has 0 amide bonds. The fraction of sp³-hybridized carbons (Fsp3) is 0.833. The highest BCUT2D eigenvalue weighted by molar-refractivity contribution is 5.90. The van der Waals surface area contributed by atoms with E-state index in [1.54, 1.807) is 0 Å². The smallest absolute Gasteiger partial charge is 0.361 e. The summed E-state index contributed by atoms with van der Waals surface area (Å²) < 4.78 is 132. The molecule has 112 valence electrons. The summed E-state index contributed by atoms with van der Waals surface area (Å²) in [5.74, 6) is -11.8. The van der Waals surface area contributed by atoms with Gasteiger partial charge in [0.15, 0.2) is 0 Å². The van der Waals surface area contributed by atoms with E-state index in [9.17, 15) is 48.3 Å². The van der Waals surface area contributed by atoms with Crippen molar-refractivity contribution >= 4 is 5.71 Å². The molecule has 13 heteroatoms. The number of alkyl halides is 11. The number of rotatable bonds is 2. The Labute approximate surface area is 96.0 Å². The van der Waals surface area contributed by atoms with Crippen LogP contribution in [0.3, 0.4) is 0 Å². The van der Waals surface area contributed by atoms with Gasteiger partial charge in [-0.1, -0.05) is 0 Å². The molecule has 0 aliphatic carbocycles. The molecule has 0 atom stereocenters. The lowest BCUT2D eigenvalue weighted by atomic mass is 9.96. The van der Waals surface area contributed by atoms with Crippen molar-refractivity contribution in [1.82, 2.24) is 0 Å². The average molecular weight is 310 g/mol. The zero-order chi connectivity index (χ0) is 15.9. The Kier molecular flexibility index (Phi) is 4.28. The first-order valence-electron chi connectivity index (χ1n) is 3.87. The molecule has 0 radical (unpaired) electrons. The van der Waals surface area contributed by atoms with Crippen LogP contribution < -0.4 is 0 Å². The van der Waals surface area contributed by atoms with Gasteiger partial charge in [0.1, 0.15) is 0 Å². The minimum absolute atomic E-state index is 0.866. The van der Waals surface area contributed by atoms with Crippen LogP contribution in [0.25, 0.3) is 5.53 Å². The van der Waals surface area contributed by atoms with E-state index in [-0.39, 0.29) is 0 Å². The van der Waals surface area contributed by atoms with Crippen molar-refractivity contribution in [3.63, 3.8) is 0 Å². The van der Waals surface area contributed by atoms with Crippen molar-refractivity contribution < 1.29 is 53.1 Å². The Morgan fingerprint density at radius 1 is 0.737 bits per heavy atom. The molecule has 0 aromatic carbocycles. The van der Waals surface area contributed by atoms with Gasteiger partial charge in [-0.3, -0.25) is 0 Å². The zero-order valence-corrected chi connectivity index (χ0v) is 8.13. The zero-order valence-electron chi connectivity index (χ0n) is 8.13. The van der Waals surface area contributed by atoms with E-state index in [0.29, 0.717) is 0 Å². The molecule has 0 rings (SSSR count). The minimum atomic E-state index is -6.79.